The molecular formula is C5H8KNO2. The Morgan fingerprint density at radius 1 is 1.67 bits per heavy atom. The van der Waals surface area contributed by atoms with Gasteiger partial charge in [-0.05, 0) is 13.8 Å². The van der Waals surface area contributed by atoms with Gasteiger partial charge in [0.1, 0.15) is 5.41 Å². The zero-order chi connectivity index (χ0) is 6.78. The average molecular weight is 153 g/mol. The van der Waals surface area contributed by atoms with E-state index in [0.29, 0.717) is 0 Å². The van der Waals surface area contributed by atoms with Crippen LogP contribution in [0.3, 0.4) is 0 Å². The zero-order valence-corrected chi connectivity index (χ0v) is 4.80. The van der Waals surface area contributed by atoms with E-state index < -0.39 is 11.4 Å². The fourth-order valence-corrected chi connectivity index (χ4v) is 0.0478. The van der Waals surface area contributed by atoms with Crippen LogP contribution in [0.15, 0.2) is 0 Å². The zero-order valence-electron chi connectivity index (χ0n) is 4.80. The maximum absolute atomic E-state index is 10.0. The molecule has 0 spiro atoms. The van der Waals surface area contributed by atoms with E-state index in [1.807, 2.05) is 0 Å². The molecule has 0 aromatic carbocycles. The second-order valence-electron chi connectivity index (χ2n) is 2.04. The van der Waals surface area contributed by atoms with Gasteiger partial charge < -0.3 is 5.11 Å². The van der Waals surface area contributed by atoms with Gasteiger partial charge in [-0.3, -0.25) is 4.79 Å². The Bertz CT molecular complexity index is 148. The molecule has 0 unspecified atom stereocenters. The topological polar surface area (TPSA) is 61.1 Å². The standard InChI is InChI=1S/C5H7NO2.K.H/c1-5(2,3-6)4(7)8;;/h1-2H3,(H,7,8);;. The number of carboxylic acid groups (broad SMARTS) is 1. The van der Waals surface area contributed by atoms with Crippen LogP contribution in [-0.2, 0) is 4.79 Å². The molecule has 0 saturated carbocycles. The first-order chi connectivity index (χ1) is 3.50. The molecule has 9 heavy (non-hydrogen) atoms. The third kappa shape index (κ3) is 4.06. The second kappa shape index (κ2) is 4.42. The minimum absolute atomic E-state index is 0. The predicted molar refractivity (Wildman–Crippen MR) is 34.2 cm³/mol. The molecule has 0 aromatic rings. The van der Waals surface area contributed by atoms with Gasteiger partial charge in [0.25, 0.3) is 0 Å². The molecular weight excluding hydrogens is 145 g/mol. The monoisotopic (exact) mass is 153 g/mol. The van der Waals surface area contributed by atoms with Crippen LogP contribution in [0.5, 0.6) is 0 Å². The number of aliphatic carboxylic acids is 1. The van der Waals surface area contributed by atoms with Crippen LogP contribution >= 0.6 is 0 Å². The normalized spacial score (nSPS) is 9.00. The minimum atomic E-state index is -1.24. The Balaban J connectivity index is 0. The Kier molecular flexibility index (Phi) is 6.03. The molecule has 0 aliphatic carbocycles. The number of carboxylic acids is 1. The SMILES string of the molecule is CC(C)(C#N)C(=O)O.[KH]. The van der Waals surface area contributed by atoms with Crippen molar-refractivity contribution < 1.29 is 9.90 Å². The van der Waals surface area contributed by atoms with Gasteiger partial charge >= 0.3 is 57.4 Å². The molecule has 4 heteroatoms. The predicted octanol–water partition coefficient (Wildman–Crippen LogP) is -0.0277. The first-order valence-electron chi connectivity index (χ1n) is 2.15. The quantitative estimate of drug-likeness (QED) is 0.538. The van der Waals surface area contributed by atoms with Crippen molar-refractivity contribution in [2.24, 2.45) is 5.41 Å². The number of carbonyl (C=O) groups is 1. The molecule has 46 valence electrons. The molecule has 0 saturated heterocycles. The molecule has 0 heterocycles. The molecule has 0 fully saturated rings. The molecule has 1 N–H and O–H groups in total. The summed E-state index contributed by atoms with van der Waals surface area (Å²) in [7, 11) is 0. The first-order valence-corrected chi connectivity index (χ1v) is 2.15. The average Bonchev–Trinajstić information content (AvgIpc) is 1.67. The number of hydrogen-bond acceptors (Lipinski definition) is 2. The molecule has 0 aliphatic heterocycles. The van der Waals surface area contributed by atoms with Crippen molar-refractivity contribution in [2.45, 2.75) is 13.8 Å². The molecule has 0 bridgehead atoms. The van der Waals surface area contributed by atoms with E-state index in [1.165, 1.54) is 13.8 Å². The van der Waals surface area contributed by atoms with Crippen LogP contribution in [0.2, 0.25) is 0 Å². The van der Waals surface area contributed by atoms with Gasteiger partial charge in [0.05, 0.1) is 6.07 Å². The summed E-state index contributed by atoms with van der Waals surface area (Å²) >= 11 is 0. The summed E-state index contributed by atoms with van der Waals surface area (Å²) in [4.78, 5) is 10.0. The number of nitriles is 1. The third-order valence-corrected chi connectivity index (χ3v) is 0.814. The summed E-state index contributed by atoms with van der Waals surface area (Å²) in [6, 6.07) is 1.64. The van der Waals surface area contributed by atoms with E-state index in [-0.39, 0.29) is 51.4 Å². The number of nitrogens with zero attached hydrogens (tertiary/aromatic N) is 1. The van der Waals surface area contributed by atoms with Gasteiger partial charge in [-0.2, -0.15) is 5.26 Å². The molecule has 0 radical (unpaired) electrons. The van der Waals surface area contributed by atoms with Gasteiger partial charge in [0, 0.05) is 0 Å². The Hall–Kier alpha value is 0.596. The van der Waals surface area contributed by atoms with E-state index >= 15 is 0 Å². The van der Waals surface area contributed by atoms with Crippen molar-refractivity contribution in [1.82, 2.24) is 0 Å². The Labute approximate surface area is 96.5 Å². The fraction of sp³-hybridized carbons (Fsp3) is 0.600. The molecule has 0 aliphatic rings. The van der Waals surface area contributed by atoms with E-state index in [2.05, 4.69) is 0 Å². The van der Waals surface area contributed by atoms with Crippen molar-refractivity contribution >= 4 is 57.4 Å². The maximum atomic E-state index is 10.0. The van der Waals surface area contributed by atoms with Crippen molar-refractivity contribution in [3.63, 3.8) is 0 Å². The first kappa shape index (κ1) is 12.3. The van der Waals surface area contributed by atoms with Gasteiger partial charge in [0.2, 0.25) is 0 Å². The molecule has 0 aromatic heterocycles. The summed E-state index contributed by atoms with van der Waals surface area (Å²) in [6.07, 6.45) is 0. The van der Waals surface area contributed by atoms with Crippen LogP contribution in [0.1, 0.15) is 13.8 Å². The van der Waals surface area contributed by atoms with Gasteiger partial charge in [-0.15, -0.1) is 0 Å². The van der Waals surface area contributed by atoms with Crippen molar-refractivity contribution in [1.29, 1.82) is 5.26 Å². The van der Waals surface area contributed by atoms with E-state index in [9.17, 15) is 4.79 Å². The Morgan fingerprint density at radius 3 is 2.00 bits per heavy atom. The summed E-state index contributed by atoms with van der Waals surface area (Å²) < 4.78 is 0. The van der Waals surface area contributed by atoms with E-state index in [0.717, 1.165) is 0 Å². The molecule has 0 atom stereocenters. The number of rotatable bonds is 1. The van der Waals surface area contributed by atoms with Crippen LogP contribution in [0, 0.1) is 16.7 Å². The third-order valence-electron chi connectivity index (χ3n) is 0.814. The molecule has 0 rings (SSSR count). The van der Waals surface area contributed by atoms with Gasteiger partial charge in [-0.1, -0.05) is 0 Å². The van der Waals surface area contributed by atoms with Gasteiger partial charge in [-0.25, -0.2) is 0 Å². The van der Waals surface area contributed by atoms with Crippen LogP contribution in [0.25, 0.3) is 0 Å². The summed E-state index contributed by atoms with van der Waals surface area (Å²) in [5.41, 5.74) is -1.24. The summed E-state index contributed by atoms with van der Waals surface area (Å²) in [5, 5.41) is 16.4. The summed E-state index contributed by atoms with van der Waals surface area (Å²) in [5.74, 6) is -1.08. The Morgan fingerprint density at radius 2 is 2.00 bits per heavy atom. The van der Waals surface area contributed by atoms with Crippen molar-refractivity contribution in [3.8, 4) is 6.07 Å². The summed E-state index contributed by atoms with van der Waals surface area (Å²) in [6.45, 7) is 2.71. The van der Waals surface area contributed by atoms with Crippen LogP contribution < -0.4 is 0 Å². The van der Waals surface area contributed by atoms with Gasteiger partial charge in [0.15, 0.2) is 0 Å². The molecule has 3 nitrogen and oxygen atoms in total. The molecule has 0 amide bonds. The van der Waals surface area contributed by atoms with E-state index in [1.54, 1.807) is 6.07 Å². The van der Waals surface area contributed by atoms with Crippen molar-refractivity contribution in [3.05, 3.63) is 0 Å². The number of hydrogen-bond donors (Lipinski definition) is 1. The second-order valence-corrected chi connectivity index (χ2v) is 2.04. The van der Waals surface area contributed by atoms with E-state index in [4.69, 9.17) is 10.4 Å². The fourth-order valence-electron chi connectivity index (χ4n) is 0.0478. The van der Waals surface area contributed by atoms with Crippen LogP contribution in [0.4, 0.5) is 0 Å². The van der Waals surface area contributed by atoms with Crippen molar-refractivity contribution in [2.75, 3.05) is 0 Å². The van der Waals surface area contributed by atoms with Crippen LogP contribution in [-0.4, -0.2) is 62.5 Å².